The van der Waals surface area contributed by atoms with Gasteiger partial charge in [0.25, 0.3) is 5.91 Å². The predicted octanol–water partition coefficient (Wildman–Crippen LogP) is 1.33. The van der Waals surface area contributed by atoms with Crippen molar-refractivity contribution in [3.63, 3.8) is 0 Å². The van der Waals surface area contributed by atoms with Crippen molar-refractivity contribution in [2.45, 2.75) is 13.0 Å². The quantitative estimate of drug-likeness (QED) is 0.804. The second kappa shape index (κ2) is 4.85. The molecule has 5 heteroatoms. The smallest absolute Gasteiger partial charge is 0.267 e. The lowest BCUT2D eigenvalue weighted by Crippen LogP contribution is -2.31. The fourth-order valence-electron chi connectivity index (χ4n) is 2.61. The van der Waals surface area contributed by atoms with E-state index in [0.717, 1.165) is 30.9 Å². The molecule has 5 nitrogen and oxygen atoms in total. The number of hydrogen-bond acceptors (Lipinski definition) is 4. The van der Waals surface area contributed by atoms with Crippen molar-refractivity contribution in [1.29, 1.82) is 0 Å². The molecule has 1 aromatic heterocycles. The first-order valence-electron chi connectivity index (χ1n) is 6.52. The Bertz CT molecular complexity index is 669. The van der Waals surface area contributed by atoms with Crippen LogP contribution in [-0.2, 0) is 13.0 Å². The summed E-state index contributed by atoms with van der Waals surface area (Å²) in [5.41, 5.74) is 15.8. The van der Waals surface area contributed by atoms with Gasteiger partial charge >= 0.3 is 0 Å². The normalized spacial score (nSPS) is 13.9. The molecule has 20 heavy (non-hydrogen) atoms. The number of aromatic nitrogens is 1. The second-order valence-corrected chi connectivity index (χ2v) is 4.92. The lowest BCUT2D eigenvalue weighted by Gasteiger charge is -2.31. The lowest BCUT2D eigenvalue weighted by molar-refractivity contribution is 0.0995. The van der Waals surface area contributed by atoms with Crippen LogP contribution >= 0.6 is 0 Å². The molecule has 0 bridgehead atoms. The van der Waals surface area contributed by atoms with Crippen LogP contribution in [0.4, 0.5) is 11.4 Å². The summed E-state index contributed by atoms with van der Waals surface area (Å²) in [4.78, 5) is 17.4. The number of carbonyl (C=O) groups is 1. The highest BCUT2D eigenvalue weighted by molar-refractivity contribution is 5.91. The summed E-state index contributed by atoms with van der Waals surface area (Å²) in [7, 11) is 0. The van der Waals surface area contributed by atoms with Gasteiger partial charge < -0.3 is 16.4 Å². The molecule has 0 saturated carbocycles. The minimum Gasteiger partial charge on any atom is -0.398 e. The van der Waals surface area contributed by atoms with Crippen LogP contribution in [0.5, 0.6) is 0 Å². The van der Waals surface area contributed by atoms with E-state index in [1.54, 1.807) is 12.3 Å². The van der Waals surface area contributed by atoms with Crippen LogP contribution in [0.25, 0.3) is 0 Å². The molecule has 3 rings (SSSR count). The zero-order valence-electron chi connectivity index (χ0n) is 11.0. The van der Waals surface area contributed by atoms with Crippen molar-refractivity contribution in [2.75, 3.05) is 17.2 Å². The van der Waals surface area contributed by atoms with Gasteiger partial charge in [-0.3, -0.25) is 9.78 Å². The molecule has 102 valence electrons. The highest BCUT2D eigenvalue weighted by Gasteiger charge is 2.18. The molecule has 0 fully saturated rings. The van der Waals surface area contributed by atoms with Crippen LogP contribution in [0.2, 0.25) is 0 Å². The Hall–Kier alpha value is -2.56. The molecule has 1 aliphatic rings. The van der Waals surface area contributed by atoms with E-state index in [9.17, 15) is 4.79 Å². The van der Waals surface area contributed by atoms with Crippen molar-refractivity contribution >= 4 is 17.3 Å². The van der Waals surface area contributed by atoms with Crippen LogP contribution < -0.4 is 16.4 Å². The van der Waals surface area contributed by atoms with Crippen molar-refractivity contribution in [2.24, 2.45) is 5.73 Å². The fourth-order valence-corrected chi connectivity index (χ4v) is 2.61. The zero-order valence-corrected chi connectivity index (χ0v) is 11.0. The molecule has 4 N–H and O–H groups in total. The number of nitrogens with two attached hydrogens (primary N) is 2. The first kappa shape index (κ1) is 12.5. The van der Waals surface area contributed by atoms with Crippen LogP contribution in [0.15, 0.2) is 36.5 Å². The number of amides is 1. The van der Waals surface area contributed by atoms with E-state index < -0.39 is 5.91 Å². The topological polar surface area (TPSA) is 85.2 Å². The molecule has 1 aromatic carbocycles. The predicted molar refractivity (Wildman–Crippen MR) is 78.4 cm³/mol. The number of carbonyl (C=O) groups excluding carboxylic acids is 1. The summed E-state index contributed by atoms with van der Waals surface area (Å²) in [6, 6.07) is 9.63. The average Bonchev–Trinajstić information content (AvgIpc) is 2.47. The third-order valence-corrected chi connectivity index (χ3v) is 3.66. The molecular weight excluding hydrogens is 252 g/mol. The number of hydrogen-bond donors (Lipinski definition) is 2. The van der Waals surface area contributed by atoms with E-state index in [4.69, 9.17) is 11.5 Å². The van der Waals surface area contributed by atoms with E-state index in [-0.39, 0.29) is 0 Å². The number of nitrogens with zero attached hydrogens (tertiary/aromatic N) is 2. The van der Waals surface area contributed by atoms with Crippen LogP contribution in [0.3, 0.4) is 0 Å². The summed E-state index contributed by atoms with van der Waals surface area (Å²) in [5, 5.41) is 0. The second-order valence-electron chi connectivity index (χ2n) is 4.92. The SMILES string of the molecule is NC(=O)c1cc(N2CCc3c(N)cccc3C2)ccn1. The number of benzene rings is 1. The van der Waals surface area contributed by atoms with Gasteiger partial charge in [-0.25, -0.2) is 0 Å². The Balaban J connectivity index is 1.90. The Morgan fingerprint density at radius 1 is 1.30 bits per heavy atom. The van der Waals surface area contributed by atoms with Crippen LogP contribution in [-0.4, -0.2) is 17.4 Å². The monoisotopic (exact) mass is 268 g/mol. The van der Waals surface area contributed by atoms with Crippen LogP contribution in [0, 0.1) is 0 Å². The van der Waals surface area contributed by atoms with E-state index in [2.05, 4.69) is 16.0 Å². The molecular formula is C15H16N4O. The lowest BCUT2D eigenvalue weighted by atomic mass is 9.97. The molecule has 0 aliphatic carbocycles. The average molecular weight is 268 g/mol. The molecule has 0 atom stereocenters. The third-order valence-electron chi connectivity index (χ3n) is 3.66. The molecule has 2 heterocycles. The third kappa shape index (κ3) is 2.18. The van der Waals surface area contributed by atoms with E-state index in [1.807, 2.05) is 18.2 Å². The summed E-state index contributed by atoms with van der Waals surface area (Å²) in [5.74, 6) is -0.506. The molecule has 1 aliphatic heterocycles. The van der Waals surface area contributed by atoms with Crippen LogP contribution in [0.1, 0.15) is 21.6 Å². The maximum atomic E-state index is 11.2. The van der Waals surface area contributed by atoms with Gasteiger partial charge in [-0.15, -0.1) is 0 Å². The number of anilines is 2. The van der Waals surface area contributed by atoms with Crippen molar-refractivity contribution in [3.05, 3.63) is 53.3 Å². The molecule has 0 radical (unpaired) electrons. The van der Waals surface area contributed by atoms with Gasteiger partial charge in [-0.1, -0.05) is 12.1 Å². The Morgan fingerprint density at radius 3 is 2.95 bits per heavy atom. The Labute approximate surface area is 117 Å². The van der Waals surface area contributed by atoms with Crippen molar-refractivity contribution in [3.8, 4) is 0 Å². The van der Waals surface area contributed by atoms with Gasteiger partial charge in [0.1, 0.15) is 5.69 Å². The molecule has 1 amide bonds. The maximum Gasteiger partial charge on any atom is 0.267 e. The van der Waals surface area contributed by atoms with Gasteiger partial charge in [0.2, 0.25) is 0 Å². The first-order valence-corrected chi connectivity index (χ1v) is 6.52. The summed E-state index contributed by atoms with van der Waals surface area (Å²) < 4.78 is 0. The zero-order chi connectivity index (χ0) is 14.1. The van der Waals surface area contributed by atoms with Gasteiger partial charge in [0.05, 0.1) is 0 Å². The standard InChI is InChI=1S/C15H16N4O/c16-13-3-1-2-10-9-19(7-5-12(10)13)11-4-6-18-14(8-11)15(17)20/h1-4,6,8H,5,7,9,16H2,(H2,17,20). The fraction of sp³-hybridized carbons (Fsp3) is 0.200. The Morgan fingerprint density at radius 2 is 2.15 bits per heavy atom. The van der Waals surface area contributed by atoms with Gasteiger partial charge in [0.15, 0.2) is 0 Å². The van der Waals surface area contributed by atoms with Gasteiger partial charge in [-0.05, 0) is 35.7 Å². The maximum absolute atomic E-state index is 11.2. The Kier molecular flexibility index (Phi) is 3.02. The summed E-state index contributed by atoms with van der Waals surface area (Å²) >= 11 is 0. The molecule has 0 spiro atoms. The van der Waals surface area contributed by atoms with E-state index in [1.165, 1.54) is 11.1 Å². The number of nitrogen functional groups attached to an aromatic ring is 1. The molecule has 0 unspecified atom stereocenters. The number of fused-ring (bicyclic) bond motifs is 1. The van der Waals surface area contributed by atoms with Gasteiger partial charge in [-0.2, -0.15) is 0 Å². The summed E-state index contributed by atoms with van der Waals surface area (Å²) in [6.07, 6.45) is 2.51. The molecule has 0 saturated heterocycles. The van der Waals surface area contributed by atoms with Crippen molar-refractivity contribution in [1.82, 2.24) is 4.98 Å². The van der Waals surface area contributed by atoms with Crippen molar-refractivity contribution < 1.29 is 4.79 Å². The number of rotatable bonds is 2. The first-order chi connectivity index (χ1) is 9.65. The number of primary amides is 1. The molecule has 2 aromatic rings. The number of pyridine rings is 1. The van der Waals surface area contributed by atoms with E-state index >= 15 is 0 Å². The highest BCUT2D eigenvalue weighted by atomic mass is 16.1. The van der Waals surface area contributed by atoms with Gasteiger partial charge in [0, 0.05) is 30.7 Å². The minimum atomic E-state index is -0.506. The summed E-state index contributed by atoms with van der Waals surface area (Å²) in [6.45, 7) is 1.64. The largest absolute Gasteiger partial charge is 0.398 e. The van der Waals surface area contributed by atoms with E-state index in [0.29, 0.717) is 5.69 Å². The highest BCUT2D eigenvalue weighted by Crippen LogP contribution is 2.27. The minimum absolute atomic E-state index is 0.292.